The molecule has 7 heteroatoms. The Hall–Kier alpha value is -2.54. The lowest BCUT2D eigenvalue weighted by Crippen LogP contribution is -2.25. The van der Waals surface area contributed by atoms with Gasteiger partial charge in [-0.05, 0) is 58.7 Å². The van der Waals surface area contributed by atoms with Crippen LogP contribution in [0.1, 0.15) is 12.8 Å². The molecule has 0 aliphatic heterocycles. The lowest BCUT2D eigenvalue weighted by molar-refractivity contribution is -0.116. The van der Waals surface area contributed by atoms with Crippen molar-refractivity contribution in [1.82, 2.24) is 0 Å². The first-order valence-electron chi connectivity index (χ1n) is 8.10. The molecule has 6 nitrogen and oxygen atoms in total. The number of carbonyl (C=O) groups excluding carboxylic acids is 2. The van der Waals surface area contributed by atoms with Crippen LogP contribution in [0.15, 0.2) is 53.0 Å². The third-order valence-corrected chi connectivity index (χ3v) is 4.28. The number of benzene rings is 2. The fraction of sp³-hybridized carbons (Fsp3) is 0.263. The average molecular weight is 421 g/mol. The van der Waals surface area contributed by atoms with Crippen molar-refractivity contribution < 1.29 is 19.1 Å². The minimum absolute atomic E-state index is 0.0881. The van der Waals surface area contributed by atoms with E-state index in [1.54, 1.807) is 31.3 Å². The van der Waals surface area contributed by atoms with E-state index in [1.165, 1.54) is 12.0 Å². The fourth-order valence-electron chi connectivity index (χ4n) is 2.21. The lowest BCUT2D eigenvalue weighted by atomic mass is 10.2. The maximum absolute atomic E-state index is 12.0. The van der Waals surface area contributed by atoms with Crippen molar-refractivity contribution in [3.8, 4) is 5.75 Å². The van der Waals surface area contributed by atoms with Crippen molar-refractivity contribution in [3.63, 3.8) is 0 Å². The van der Waals surface area contributed by atoms with Gasteiger partial charge in [0.25, 0.3) is 0 Å². The Morgan fingerprint density at radius 1 is 1.12 bits per heavy atom. The van der Waals surface area contributed by atoms with Gasteiger partial charge in [0.05, 0.1) is 18.2 Å². The van der Waals surface area contributed by atoms with Crippen LogP contribution in [-0.2, 0) is 9.53 Å². The molecule has 0 aliphatic rings. The van der Waals surface area contributed by atoms with E-state index in [4.69, 9.17) is 4.74 Å². The van der Waals surface area contributed by atoms with Gasteiger partial charge in [0.2, 0.25) is 5.91 Å². The second-order valence-corrected chi connectivity index (χ2v) is 6.36. The topological polar surface area (TPSA) is 67.9 Å². The minimum atomic E-state index is -0.452. The van der Waals surface area contributed by atoms with Crippen LogP contribution in [0.3, 0.4) is 0 Å². The van der Waals surface area contributed by atoms with Gasteiger partial charge in [-0.15, -0.1) is 0 Å². The maximum atomic E-state index is 12.0. The van der Waals surface area contributed by atoms with Gasteiger partial charge in [-0.2, -0.15) is 0 Å². The van der Waals surface area contributed by atoms with Crippen molar-refractivity contribution in [2.24, 2.45) is 0 Å². The molecule has 0 saturated heterocycles. The standard InChI is InChI=1S/C19H21BrN2O4/c1-22(19(24)25-2)15-11-9-14(10-12-15)21-18(23)8-5-13-26-17-7-4-3-6-16(17)20/h3-4,6-7,9-12H,5,8,13H2,1-2H3,(H,21,23). The zero-order chi connectivity index (χ0) is 18.9. The van der Waals surface area contributed by atoms with Crippen LogP contribution in [0, 0.1) is 0 Å². The van der Waals surface area contributed by atoms with E-state index in [0.29, 0.717) is 30.8 Å². The molecule has 0 atom stereocenters. The predicted molar refractivity (Wildman–Crippen MR) is 105 cm³/mol. The van der Waals surface area contributed by atoms with E-state index in [2.05, 4.69) is 26.0 Å². The Balaban J connectivity index is 1.75. The van der Waals surface area contributed by atoms with Crippen LogP contribution in [0.5, 0.6) is 5.75 Å². The van der Waals surface area contributed by atoms with Crippen LogP contribution in [-0.4, -0.2) is 32.8 Å². The van der Waals surface area contributed by atoms with Crippen molar-refractivity contribution in [2.45, 2.75) is 12.8 Å². The average Bonchev–Trinajstić information content (AvgIpc) is 2.66. The highest BCUT2D eigenvalue weighted by atomic mass is 79.9. The second kappa shape index (κ2) is 9.82. The van der Waals surface area contributed by atoms with E-state index >= 15 is 0 Å². The molecule has 0 aromatic heterocycles. The van der Waals surface area contributed by atoms with Gasteiger partial charge in [0.1, 0.15) is 5.75 Å². The highest BCUT2D eigenvalue weighted by Crippen LogP contribution is 2.24. The number of hydrogen-bond donors (Lipinski definition) is 1. The van der Waals surface area contributed by atoms with E-state index in [1.807, 2.05) is 24.3 Å². The van der Waals surface area contributed by atoms with Crippen LogP contribution in [0.4, 0.5) is 16.2 Å². The first-order chi connectivity index (χ1) is 12.5. The molecule has 0 aliphatic carbocycles. The number of amides is 2. The van der Waals surface area contributed by atoms with Gasteiger partial charge >= 0.3 is 6.09 Å². The van der Waals surface area contributed by atoms with Crippen LogP contribution >= 0.6 is 15.9 Å². The molecule has 0 saturated carbocycles. The molecule has 1 N–H and O–H groups in total. The Bertz CT molecular complexity index is 749. The lowest BCUT2D eigenvalue weighted by Gasteiger charge is -2.16. The summed E-state index contributed by atoms with van der Waals surface area (Å²) in [5.41, 5.74) is 1.35. The summed E-state index contributed by atoms with van der Waals surface area (Å²) in [6.45, 7) is 0.457. The van der Waals surface area contributed by atoms with Gasteiger partial charge in [-0.3, -0.25) is 9.69 Å². The summed E-state index contributed by atoms with van der Waals surface area (Å²) in [7, 11) is 2.94. The Labute approximate surface area is 161 Å². The second-order valence-electron chi connectivity index (χ2n) is 5.51. The summed E-state index contributed by atoms with van der Waals surface area (Å²) in [4.78, 5) is 24.8. The highest BCUT2D eigenvalue weighted by molar-refractivity contribution is 9.10. The minimum Gasteiger partial charge on any atom is -0.492 e. The number of nitrogens with one attached hydrogen (secondary N) is 1. The zero-order valence-electron chi connectivity index (χ0n) is 14.7. The maximum Gasteiger partial charge on any atom is 0.413 e. The molecule has 0 spiro atoms. The molecule has 0 unspecified atom stereocenters. The summed E-state index contributed by atoms with van der Waals surface area (Å²) in [5, 5.41) is 2.82. The molecule has 26 heavy (non-hydrogen) atoms. The Morgan fingerprint density at radius 2 is 1.81 bits per heavy atom. The molecule has 2 rings (SSSR count). The number of nitrogens with zero attached hydrogens (tertiary/aromatic N) is 1. The molecule has 0 heterocycles. The quantitative estimate of drug-likeness (QED) is 0.671. The first-order valence-corrected chi connectivity index (χ1v) is 8.89. The summed E-state index contributed by atoms with van der Waals surface area (Å²) in [5.74, 6) is 0.674. The molecule has 2 aromatic rings. The highest BCUT2D eigenvalue weighted by Gasteiger charge is 2.10. The van der Waals surface area contributed by atoms with E-state index in [0.717, 1.165) is 10.2 Å². The van der Waals surface area contributed by atoms with Crippen molar-refractivity contribution >= 4 is 39.3 Å². The van der Waals surface area contributed by atoms with Gasteiger partial charge in [-0.25, -0.2) is 4.79 Å². The number of methoxy groups -OCH3 is 1. The molecular weight excluding hydrogens is 400 g/mol. The number of carbonyl (C=O) groups is 2. The SMILES string of the molecule is COC(=O)N(C)c1ccc(NC(=O)CCCOc2ccccc2Br)cc1. The van der Waals surface area contributed by atoms with Gasteiger partial charge in [0, 0.05) is 24.8 Å². The summed E-state index contributed by atoms with van der Waals surface area (Å²) >= 11 is 3.41. The smallest absolute Gasteiger partial charge is 0.413 e. The van der Waals surface area contributed by atoms with Gasteiger partial charge < -0.3 is 14.8 Å². The van der Waals surface area contributed by atoms with Crippen molar-refractivity contribution in [1.29, 1.82) is 0 Å². The number of hydrogen-bond acceptors (Lipinski definition) is 4. The third-order valence-electron chi connectivity index (χ3n) is 3.63. The number of anilines is 2. The Kier molecular flexibility index (Phi) is 7.47. The number of ether oxygens (including phenoxy) is 2. The number of rotatable bonds is 7. The molecular formula is C19H21BrN2O4. The van der Waals surface area contributed by atoms with E-state index < -0.39 is 6.09 Å². The summed E-state index contributed by atoms with van der Waals surface area (Å²) in [6.07, 6.45) is 0.511. The van der Waals surface area contributed by atoms with Crippen molar-refractivity contribution in [3.05, 3.63) is 53.0 Å². The van der Waals surface area contributed by atoms with Crippen molar-refractivity contribution in [2.75, 3.05) is 31.0 Å². The molecule has 2 amide bonds. The molecule has 2 aromatic carbocycles. The van der Waals surface area contributed by atoms with Gasteiger partial charge in [-0.1, -0.05) is 12.1 Å². The predicted octanol–water partition coefficient (Wildman–Crippen LogP) is 4.45. The first kappa shape index (κ1) is 19.8. The van der Waals surface area contributed by atoms with E-state index in [9.17, 15) is 9.59 Å². The monoisotopic (exact) mass is 420 g/mol. The molecule has 0 fully saturated rings. The molecule has 138 valence electrons. The van der Waals surface area contributed by atoms with E-state index in [-0.39, 0.29) is 5.91 Å². The summed E-state index contributed by atoms with van der Waals surface area (Å²) in [6, 6.07) is 14.5. The van der Waals surface area contributed by atoms with Crippen LogP contribution in [0.25, 0.3) is 0 Å². The molecule has 0 bridgehead atoms. The molecule has 0 radical (unpaired) electrons. The van der Waals surface area contributed by atoms with Gasteiger partial charge in [0.15, 0.2) is 0 Å². The number of para-hydroxylation sites is 1. The third kappa shape index (κ3) is 5.77. The van der Waals surface area contributed by atoms with Crippen LogP contribution < -0.4 is 15.0 Å². The zero-order valence-corrected chi connectivity index (χ0v) is 16.3. The number of halogens is 1. The Morgan fingerprint density at radius 3 is 2.46 bits per heavy atom. The van der Waals surface area contributed by atoms with Crippen LogP contribution in [0.2, 0.25) is 0 Å². The normalized spacial score (nSPS) is 10.1. The fourth-order valence-corrected chi connectivity index (χ4v) is 2.61. The summed E-state index contributed by atoms with van der Waals surface area (Å²) < 4.78 is 11.2. The largest absolute Gasteiger partial charge is 0.492 e.